The van der Waals surface area contributed by atoms with E-state index in [1.807, 2.05) is 47.4 Å². The van der Waals surface area contributed by atoms with Crippen molar-refractivity contribution in [2.75, 3.05) is 13.7 Å². The Kier molecular flexibility index (Phi) is 4.97. The lowest BCUT2D eigenvalue weighted by molar-refractivity contribution is 0.145. The Balaban J connectivity index is 1.99. The van der Waals surface area contributed by atoms with Gasteiger partial charge in [-0.25, -0.2) is 0 Å². The average Bonchev–Trinajstić information content (AvgIpc) is 2.92. The molecular weight excluding hydrogens is 322 g/mol. The van der Waals surface area contributed by atoms with Crippen LogP contribution < -0.4 is 10.1 Å². The molecule has 1 saturated heterocycles. The van der Waals surface area contributed by atoms with Gasteiger partial charge in [0.2, 0.25) is 0 Å². The molecule has 2 N–H and O–H groups in total. The molecule has 1 aromatic carbocycles. The van der Waals surface area contributed by atoms with Gasteiger partial charge in [-0.3, -0.25) is 4.98 Å². The van der Waals surface area contributed by atoms with Crippen LogP contribution in [0.2, 0.25) is 0 Å². The number of nitrogens with zero attached hydrogens (tertiary/aromatic N) is 2. The molecule has 0 radical (unpaired) electrons. The largest absolute Gasteiger partial charge is 0.497 e. The summed E-state index contributed by atoms with van der Waals surface area (Å²) in [4.78, 5) is 6.51. The van der Waals surface area contributed by atoms with E-state index in [2.05, 4.69) is 10.3 Å². The summed E-state index contributed by atoms with van der Waals surface area (Å²) >= 11 is 5.51. The highest BCUT2D eigenvalue weighted by Gasteiger charge is 2.39. The van der Waals surface area contributed by atoms with E-state index in [4.69, 9.17) is 17.0 Å². The molecule has 0 unspecified atom stereocenters. The van der Waals surface area contributed by atoms with E-state index < -0.39 is 6.10 Å². The topological polar surface area (TPSA) is 57.6 Å². The number of aliphatic hydroxyl groups is 1. The number of benzene rings is 1. The first-order valence-electron chi connectivity index (χ1n) is 7.90. The van der Waals surface area contributed by atoms with Gasteiger partial charge in [-0.1, -0.05) is 18.2 Å². The second-order valence-electron chi connectivity index (χ2n) is 5.90. The zero-order chi connectivity index (χ0) is 17.1. The number of hydrogen-bond acceptors (Lipinski definition) is 4. The van der Waals surface area contributed by atoms with Gasteiger partial charge in [0, 0.05) is 12.7 Å². The second kappa shape index (κ2) is 7.15. The summed E-state index contributed by atoms with van der Waals surface area (Å²) in [6.45, 7) is 2.23. The highest BCUT2D eigenvalue weighted by atomic mass is 32.1. The lowest BCUT2D eigenvalue weighted by atomic mass is 9.96. The maximum atomic E-state index is 9.87. The molecule has 1 aromatic heterocycles. The fourth-order valence-electron chi connectivity index (χ4n) is 3.05. The van der Waals surface area contributed by atoms with Gasteiger partial charge in [-0.05, 0) is 49.0 Å². The normalized spacial score (nSPS) is 21.5. The fraction of sp³-hybridized carbons (Fsp3) is 0.333. The number of methoxy groups -OCH3 is 1. The van der Waals surface area contributed by atoms with Crippen LogP contribution >= 0.6 is 12.2 Å². The number of rotatable bonds is 5. The van der Waals surface area contributed by atoms with Crippen LogP contribution in [0.5, 0.6) is 5.75 Å². The Labute approximate surface area is 147 Å². The molecule has 0 spiro atoms. The number of aromatic nitrogens is 1. The molecule has 1 aliphatic rings. The Hall–Kier alpha value is -2.18. The van der Waals surface area contributed by atoms with E-state index in [1.54, 1.807) is 20.2 Å². The first kappa shape index (κ1) is 16.7. The van der Waals surface area contributed by atoms with E-state index >= 15 is 0 Å². The predicted octanol–water partition coefficient (Wildman–Crippen LogP) is 2.44. The minimum atomic E-state index is -0.479. The highest BCUT2D eigenvalue weighted by Crippen LogP contribution is 2.38. The molecule has 126 valence electrons. The Morgan fingerprint density at radius 2 is 2.04 bits per heavy atom. The molecule has 3 atom stereocenters. The van der Waals surface area contributed by atoms with Crippen molar-refractivity contribution in [3.63, 3.8) is 0 Å². The van der Waals surface area contributed by atoms with Gasteiger partial charge in [0.25, 0.3) is 0 Å². The van der Waals surface area contributed by atoms with E-state index in [9.17, 15) is 5.11 Å². The maximum absolute atomic E-state index is 9.87. The summed E-state index contributed by atoms with van der Waals surface area (Å²) in [5.74, 6) is 0.809. The average molecular weight is 343 g/mol. The first-order chi connectivity index (χ1) is 11.6. The number of β-amino-alcohol motifs (C(OH)–C–C–N with tert-alkyl or cyclic N) is 1. The molecule has 2 heterocycles. The zero-order valence-corrected chi connectivity index (χ0v) is 14.5. The third-order valence-electron chi connectivity index (χ3n) is 4.12. The molecular formula is C18H21N3O2S. The van der Waals surface area contributed by atoms with Gasteiger partial charge in [0.1, 0.15) is 5.75 Å². The number of aliphatic hydroxyl groups excluding tert-OH is 1. The van der Waals surface area contributed by atoms with Gasteiger partial charge in [0.15, 0.2) is 5.11 Å². The highest BCUT2D eigenvalue weighted by molar-refractivity contribution is 7.80. The Morgan fingerprint density at radius 1 is 1.29 bits per heavy atom. The van der Waals surface area contributed by atoms with Crippen molar-refractivity contribution in [3.8, 4) is 5.75 Å². The van der Waals surface area contributed by atoms with Crippen LogP contribution in [-0.4, -0.2) is 39.9 Å². The van der Waals surface area contributed by atoms with Gasteiger partial charge in [-0.15, -0.1) is 0 Å². The number of thiocarbonyl (C=S) groups is 1. The molecule has 0 saturated carbocycles. The minimum Gasteiger partial charge on any atom is -0.497 e. The van der Waals surface area contributed by atoms with E-state index in [0.29, 0.717) is 11.7 Å². The third-order valence-corrected chi connectivity index (χ3v) is 4.47. The summed E-state index contributed by atoms with van der Waals surface area (Å²) in [7, 11) is 1.65. The summed E-state index contributed by atoms with van der Waals surface area (Å²) in [6.07, 6.45) is 1.30. The third kappa shape index (κ3) is 3.34. The van der Waals surface area contributed by atoms with Crippen molar-refractivity contribution in [1.29, 1.82) is 0 Å². The molecule has 6 heteroatoms. The van der Waals surface area contributed by atoms with Gasteiger partial charge in [-0.2, -0.15) is 0 Å². The lowest BCUT2D eigenvalue weighted by Gasteiger charge is -2.29. The predicted molar refractivity (Wildman–Crippen MR) is 96.8 cm³/mol. The van der Waals surface area contributed by atoms with Crippen molar-refractivity contribution in [2.24, 2.45) is 0 Å². The second-order valence-corrected chi connectivity index (χ2v) is 6.29. The van der Waals surface area contributed by atoms with Crippen LogP contribution in [0, 0.1) is 0 Å². The number of hydrogen-bond donors (Lipinski definition) is 2. The first-order valence-corrected chi connectivity index (χ1v) is 8.31. The summed E-state index contributed by atoms with van der Waals surface area (Å²) in [5, 5.41) is 13.9. The van der Waals surface area contributed by atoms with E-state index in [1.165, 1.54) is 0 Å². The lowest BCUT2D eigenvalue weighted by Crippen LogP contribution is -2.35. The molecule has 0 bridgehead atoms. The van der Waals surface area contributed by atoms with Crippen LogP contribution in [0.4, 0.5) is 0 Å². The summed E-state index contributed by atoms with van der Waals surface area (Å²) in [6, 6.07) is 13.7. The molecule has 2 aromatic rings. The number of pyridine rings is 1. The quantitative estimate of drug-likeness (QED) is 0.814. The maximum Gasteiger partial charge on any atom is 0.170 e. The van der Waals surface area contributed by atoms with Crippen LogP contribution in [0.1, 0.15) is 30.3 Å². The van der Waals surface area contributed by atoms with Crippen molar-refractivity contribution in [1.82, 2.24) is 15.2 Å². The monoisotopic (exact) mass is 343 g/mol. The summed E-state index contributed by atoms with van der Waals surface area (Å²) in [5.41, 5.74) is 2.02. The van der Waals surface area contributed by atoms with Crippen molar-refractivity contribution >= 4 is 17.3 Å². The standard InChI is InChI=1S/C18H21N3O2S/c1-12(22)11-21-17(13-6-8-14(23-2)9-7-13)16(20-18(21)24)15-5-3-4-10-19-15/h3-10,12,16-17,22H,11H2,1-2H3,(H,20,24)/t12-,16+,17+/m0/s1. The molecule has 3 rings (SSSR count). The molecule has 0 aliphatic carbocycles. The zero-order valence-electron chi connectivity index (χ0n) is 13.7. The van der Waals surface area contributed by atoms with E-state index in [0.717, 1.165) is 17.0 Å². The summed E-state index contributed by atoms with van der Waals surface area (Å²) < 4.78 is 5.25. The molecule has 0 amide bonds. The molecule has 1 fully saturated rings. The van der Waals surface area contributed by atoms with Gasteiger partial charge in [0.05, 0.1) is 31.0 Å². The van der Waals surface area contributed by atoms with Crippen molar-refractivity contribution in [3.05, 3.63) is 59.9 Å². The fourth-order valence-corrected chi connectivity index (χ4v) is 3.37. The van der Waals surface area contributed by atoms with Gasteiger partial charge >= 0.3 is 0 Å². The Morgan fingerprint density at radius 3 is 2.62 bits per heavy atom. The van der Waals surface area contributed by atoms with Crippen LogP contribution in [0.25, 0.3) is 0 Å². The smallest absolute Gasteiger partial charge is 0.170 e. The molecule has 5 nitrogen and oxygen atoms in total. The Bertz CT molecular complexity index is 691. The van der Waals surface area contributed by atoms with Crippen LogP contribution in [0.15, 0.2) is 48.7 Å². The van der Waals surface area contributed by atoms with Crippen LogP contribution in [-0.2, 0) is 0 Å². The number of nitrogens with one attached hydrogen (secondary N) is 1. The SMILES string of the molecule is COc1ccc([C@@H]2[C@@H](c3ccccn3)NC(=S)N2C[C@H](C)O)cc1. The van der Waals surface area contributed by atoms with Gasteiger partial charge < -0.3 is 20.1 Å². The number of ether oxygens (including phenoxy) is 1. The minimum absolute atomic E-state index is 0.0343. The molecule has 1 aliphatic heterocycles. The van der Waals surface area contributed by atoms with Crippen molar-refractivity contribution < 1.29 is 9.84 Å². The van der Waals surface area contributed by atoms with Crippen LogP contribution in [0.3, 0.4) is 0 Å². The molecule has 24 heavy (non-hydrogen) atoms. The van der Waals surface area contributed by atoms with Crippen molar-refractivity contribution in [2.45, 2.75) is 25.1 Å². The van der Waals surface area contributed by atoms with E-state index in [-0.39, 0.29) is 12.1 Å².